The van der Waals surface area contributed by atoms with Gasteiger partial charge in [-0.3, -0.25) is 0 Å². The van der Waals surface area contributed by atoms with Gasteiger partial charge in [-0.1, -0.05) is 29.3 Å². The minimum absolute atomic E-state index is 0.219. The second-order valence-corrected chi connectivity index (χ2v) is 5.89. The number of anilines is 2. The van der Waals surface area contributed by atoms with Crippen LogP contribution in [0.25, 0.3) is 0 Å². The Morgan fingerprint density at radius 3 is 2.55 bits per heavy atom. The van der Waals surface area contributed by atoms with Gasteiger partial charge in [0.1, 0.15) is 29.0 Å². The van der Waals surface area contributed by atoms with Crippen LogP contribution in [0.4, 0.5) is 11.6 Å². The van der Waals surface area contributed by atoms with E-state index < -0.39 is 0 Å². The van der Waals surface area contributed by atoms with Crippen LogP contribution in [0.15, 0.2) is 30.6 Å². The van der Waals surface area contributed by atoms with Gasteiger partial charge < -0.3 is 15.4 Å². The number of nitrogens with zero attached hydrogens (tertiary/aromatic N) is 3. The van der Waals surface area contributed by atoms with Crippen molar-refractivity contribution in [2.45, 2.75) is 25.9 Å². The molecule has 6 heteroatoms. The summed E-state index contributed by atoms with van der Waals surface area (Å²) in [6.45, 7) is 3.75. The number of benzene rings is 1. The molecule has 2 N–H and O–H groups in total. The van der Waals surface area contributed by atoms with Crippen molar-refractivity contribution in [3.8, 4) is 5.75 Å². The molecule has 1 aromatic heterocycles. The monoisotopic (exact) mass is 318 g/mol. The fraction of sp³-hybridized carbons (Fsp3) is 0.375. The number of ether oxygens (including phenoxy) is 1. The summed E-state index contributed by atoms with van der Waals surface area (Å²) in [5, 5.41) is 0.431. The highest BCUT2D eigenvalue weighted by molar-refractivity contribution is 6.35. The molecule has 116 valence electrons. The van der Waals surface area contributed by atoms with E-state index in [1.807, 2.05) is 12.1 Å². The third-order valence-corrected chi connectivity index (χ3v) is 4.23. The van der Waals surface area contributed by atoms with Crippen LogP contribution in [0, 0.1) is 6.92 Å². The van der Waals surface area contributed by atoms with Gasteiger partial charge in [0.05, 0.1) is 0 Å². The summed E-state index contributed by atoms with van der Waals surface area (Å²) in [5.41, 5.74) is 6.97. The first-order chi connectivity index (χ1) is 10.6. The number of hydrogen-bond donors (Lipinski definition) is 1. The third kappa shape index (κ3) is 3.25. The van der Waals surface area contributed by atoms with E-state index in [0.717, 1.165) is 31.7 Å². The molecule has 0 bridgehead atoms. The lowest BCUT2D eigenvalue weighted by Gasteiger charge is -2.33. The van der Waals surface area contributed by atoms with Crippen LogP contribution in [-0.2, 0) is 0 Å². The summed E-state index contributed by atoms with van der Waals surface area (Å²) in [6, 6.07) is 8.16. The van der Waals surface area contributed by atoms with Crippen LogP contribution in [0.5, 0.6) is 5.75 Å². The molecular formula is C16H19ClN4O. The van der Waals surface area contributed by atoms with E-state index in [9.17, 15) is 0 Å². The van der Waals surface area contributed by atoms with Gasteiger partial charge in [-0.25, -0.2) is 9.97 Å². The van der Waals surface area contributed by atoms with Gasteiger partial charge in [-0.05, 0) is 19.1 Å². The first kappa shape index (κ1) is 14.9. The zero-order valence-corrected chi connectivity index (χ0v) is 13.3. The second-order valence-electron chi connectivity index (χ2n) is 5.51. The average Bonchev–Trinajstić information content (AvgIpc) is 2.53. The molecule has 1 aliphatic rings. The molecule has 22 heavy (non-hydrogen) atoms. The van der Waals surface area contributed by atoms with E-state index in [0.29, 0.717) is 16.7 Å². The Hall–Kier alpha value is -2.01. The van der Waals surface area contributed by atoms with Gasteiger partial charge in [-0.15, -0.1) is 0 Å². The lowest BCUT2D eigenvalue weighted by Crippen LogP contribution is -2.39. The van der Waals surface area contributed by atoms with Crippen LogP contribution < -0.4 is 15.4 Å². The van der Waals surface area contributed by atoms with Crippen molar-refractivity contribution >= 4 is 23.2 Å². The van der Waals surface area contributed by atoms with Crippen LogP contribution >= 0.6 is 11.6 Å². The maximum atomic E-state index is 6.18. The summed E-state index contributed by atoms with van der Waals surface area (Å²) in [6.07, 6.45) is 3.52. The van der Waals surface area contributed by atoms with Crippen molar-refractivity contribution in [3.05, 3.63) is 41.2 Å². The molecule has 2 aromatic rings. The Bertz CT molecular complexity index is 639. The Kier molecular flexibility index (Phi) is 4.34. The molecule has 0 saturated carbocycles. The fourth-order valence-corrected chi connectivity index (χ4v) is 2.81. The average molecular weight is 319 g/mol. The van der Waals surface area contributed by atoms with Crippen LogP contribution in [0.2, 0.25) is 5.02 Å². The van der Waals surface area contributed by atoms with Crippen molar-refractivity contribution < 1.29 is 4.74 Å². The molecule has 0 unspecified atom stereocenters. The maximum Gasteiger partial charge on any atom is 0.153 e. The van der Waals surface area contributed by atoms with Gasteiger partial charge in [-0.2, -0.15) is 0 Å². The van der Waals surface area contributed by atoms with Gasteiger partial charge in [0.15, 0.2) is 5.82 Å². The van der Waals surface area contributed by atoms with Crippen LogP contribution in [0.3, 0.4) is 0 Å². The number of aryl methyl sites for hydroxylation is 1. The van der Waals surface area contributed by atoms with Gasteiger partial charge in [0, 0.05) is 25.9 Å². The van der Waals surface area contributed by atoms with Crippen molar-refractivity contribution in [1.29, 1.82) is 0 Å². The molecule has 0 spiro atoms. The normalized spacial score (nSPS) is 15.8. The predicted molar refractivity (Wildman–Crippen MR) is 88.5 cm³/mol. The summed E-state index contributed by atoms with van der Waals surface area (Å²) in [4.78, 5) is 10.3. The second kappa shape index (κ2) is 6.40. The number of nitrogen functional groups attached to an aromatic ring is 1. The standard InChI is InChI=1S/C16H19ClN4O/c1-11-2-4-12(5-3-11)22-13-6-8-21(9-7-13)16-14(17)15(18)19-10-20-16/h2-5,10,13H,6-9H2,1H3,(H2,18,19,20). The quantitative estimate of drug-likeness (QED) is 0.942. The zero-order valence-electron chi connectivity index (χ0n) is 12.5. The number of aromatic nitrogens is 2. The Morgan fingerprint density at radius 1 is 1.18 bits per heavy atom. The molecule has 0 atom stereocenters. The van der Waals surface area contributed by atoms with E-state index in [4.69, 9.17) is 22.1 Å². The minimum atomic E-state index is 0.219. The lowest BCUT2D eigenvalue weighted by atomic mass is 10.1. The predicted octanol–water partition coefficient (Wildman–Crippen LogP) is 3.07. The molecule has 1 aliphatic heterocycles. The van der Waals surface area contributed by atoms with Gasteiger partial charge >= 0.3 is 0 Å². The third-order valence-electron chi connectivity index (χ3n) is 3.86. The first-order valence-electron chi connectivity index (χ1n) is 7.38. The molecule has 2 heterocycles. The highest BCUT2D eigenvalue weighted by atomic mass is 35.5. The zero-order chi connectivity index (χ0) is 15.5. The molecule has 5 nitrogen and oxygen atoms in total. The van der Waals surface area contributed by atoms with E-state index >= 15 is 0 Å². The smallest absolute Gasteiger partial charge is 0.153 e. The maximum absolute atomic E-state index is 6.18. The summed E-state index contributed by atoms with van der Waals surface area (Å²) >= 11 is 6.18. The number of halogens is 1. The highest BCUT2D eigenvalue weighted by Gasteiger charge is 2.23. The van der Waals surface area contributed by atoms with Crippen LogP contribution in [-0.4, -0.2) is 29.2 Å². The van der Waals surface area contributed by atoms with E-state index in [1.165, 1.54) is 11.9 Å². The lowest BCUT2D eigenvalue weighted by molar-refractivity contribution is 0.170. The minimum Gasteiger partial charge on any atom is -0.490 e. The van der Waals surface area contributed by atoms with Crippen molar-refractivity contribution in [1.82, 2.24) is 9.97 Å². The number of rotatable bonds is 3. The molecule has 1 fully saturated rings. The Labute approximate surface area is 135 Å². The van der Waals surface area contributed by atoms with Crippen molar-refractivity contribution in [3.63, 3.8) is 0 Å². The largest absolute Gasteiger partial charge is 0.490 e. The Balaban J connectivity index is 1.60. The van der Waals surface area contributed by atoms with Gasteiger partial charge in [0.25, 0.3) is 0 Å². The topological polar surface area (TPSA) is 64.3 Å². The molecular weight excluding hydrogens is 300 g/mol. The van der Waals surface area contributed by atoms with Crippen molar-refractivity contribution in [2.24, 2.45) is 0 Å². The van der Waals surface area contributed by atoms with E-state index in [-0.39, 0.29) is 6.10 Å². The number of hydrogen-bond acceptors (Lipinski definition) is 5. The summed E-state index contributed by atoms with van der Waals surface area (Å²) < 4.78 is 6.03. The van der Waals surface area contributed by atoms with E-state index in [1.54, 1.807) is 0 Å². The first-order valence-corrected chi connectivity index (χ1v) is 7.75. The molecule has 3 rings (SSSR count). The fourth-order valence-electron chi connectivity index (χ4n) is 2.59. The van der Waals surface area contributed by atoms with E-state index in [2.05, 4.69) is 33.9 Å². The van der Waals surface area contributed by atoms with Gasteiger partial charge in [0.2, 0.25) is 0 Å². The molecule has 1 aromatic carbocycles. The SMILES string of the molecule is Cc1ccc(OC2CCN(c3ncnc(N)c3Cl)CC2)cc1. The number of piperidine rings is 1. The summed E-state index contributed by atoms with van der Waals surface area (Å²) in [5.74, 6) is 1.96. The molecule has 0 aliphatic carbocycles. The highest BCUT2D eigenvalue weighted by Crippen LogP contribution is 2.29. The summed E-state index contributed by atoms with van der Waals surface area (Å²) in [7, 11) is 0. The van der Waals surface area contributed by atoms with Crippen molar-refractivity contribution in [2.75, 3.05) is 23.7 Å². The number of nitrogens with two attached hydrogens (primary N) is 1. The molecule has 0 amide bonds. The molecule has 1 saturated heterocycles. The Morgan fingerprint density at radius 2 is 1.86 bits per heavy atom. The molecule has 0 radical (unpaired) electrons. The van der Waals surface area contributed by atoms with Crippen LogP contribution in [0.1, 0.15) is 18.4 Å².